The van der Waals surface area contributed by atoms with Crippen molar-refractivity contribution in [2.75, 3.05) is 0 Å². The third-order valence-corrected chi connectivity index (χ3v) is 3.79. The van der Waals surface area contributed by atoms with E-state index in [1.165, 1.54) is 11.3 Å². The molecule has 0 fully saturated rings. The predicted molar refractivity (Wildman–Crippen MR) is 62.6 cm³/mol. The third kappa shape index (κ3) is 1.86. The van der Waals surface area contributed by atoms with Gasteiger partial charge >= 0.3 is 5.97 Å². The van der Waals surface area contributed by atoms with E-state index in [1.54, 1.807) is 17.8 Å². The molecule has 0 amide bonds. The molecule has 1 N–H and O–H groups in total. The molecule has 4 nitrogen and oxygen atoms in total. The molecule has 0 saturated carbocycles. The Morgan fingerprint density at radius 1 is 1.50 bits per heavy atom. The summed E-state index contributed by atoms with van der Waals surface area (Å²) in [5.41, 5.74) is 1.01. The summed E-state index contributed by atoms with van der Waals surface area (Å²) in [7, 11) is 1.87. The molecule has 2 aromatic heterocycles. The van der Waals surface area contributed by atoms with E-state index in [9.17, 15) is 4.79 Å². The van der Waals surface area contributed by atoms with Crippen molar-refractivity contribution in [2.24, 2.45) is 7.05 Å². The fraction of sp³-hybridized carbons (Fsp3) is 0.273. The molecule has 0 radical (unpaired) electrons. The van der Waals surface area contributed by atoms with Gasteiger partial charge in [-0.1, -0.05) is 0 Å². The fourth-order valence-corrected chi connectivity index (χ4v) is 2.57. The number of aryl methyl sites for hydroxylation is 1. The highest BCUT2D eigenvalue weighted by molar-refractivity contribution is 7.15. The van der Waals surface area contributed by atoms with E-state index in [0.717, 1.165) is 15.4 Å². The van der Waals surface area contributed by atoms with Crippen molar-refractivity contribution in [3.05, 3.63) is 29.3 Å². The van der Waals surface area contributed by atoms with Gasteiger partial charge < -0.3 is 5.11 Å². The summed E-state index contributed by atoms with van der Waals surface area (Å²) in [5, 5.41) is 13.0. The van der Waals surface area contributed by atoms with Crippen LogP contribution in [0, 0.1) is 0 Å². The Balaban J connectivity index is 2.33. The Morgan fingerprint density at radius 3 is 2.81 bits per heavy atom. The number of carboxylic acids is 1. The van der Waals surface area contributed by atoms with E-state index in [-0.39, 0.29) is 0 Å². The Labute approximate surface area is 97.2 Å². The molecule has 1 atom stereocenters. The van der Waals surface area contributed by atoms with E-state index in [1.807, 2.05) is 25.2 Å². The lowest BCUT2D eigenvalue weighted by atomic mass is 10.1. The van der Waals surface area contributed by atoms with Crippen molar-refractivity contribution in [1.82, 2.24) is 9.78 Å². The number of nitrogens with zero attached hydrogens (tertiary/aromatic N) is 2. The first-order valence-corrected chi connectivity index (χ1v) is 5.72. The minimum Gasteiger partial charge on any atom is -0.481 e. The van der Waals surface area contributed by atoms with Crippen LogP contribution in [0.15, 0.2) is 24.4 Å². The zero-order valence-corrected chi connectivity index (χ0v) is 9.86. The number of aromatic nitrogens is 2. The zero-order valence-electron chi connectivity index (χ0n) is 9.04. The first kappa shape index (κ1) is 10.9. The average Bonchev–Trinajstić information content (AvgIpc) is 2.84. The van der Waals surface area contributed by atoms with Crippen molar-refractivity contribution < 1.29 is 9.90 Å². The van der Waals surface area contributed by atoms with Gasteiger partial charge in [-0.2, -0.15) is 5.10 Å². The van der Waals surface area contributed by atoms with Crippen LogP contribution in [0.3, 0.4) is 0 Å². The Hall–Kier alpha value is -1.62. The molecule has 2 heterocycles. The lowest BCUT2D eigenvalue weighted by Gasteiger charge is -2.01. The van der Waals surface area contributed by atoms with Gasteiger partial charge in [-0.15, -0.1) is 11.3 Å². The van der Waals surface area contributed by atoms with Crippen LogP contribution in [-0.2, 0) is 11.8 Å². The minimum absolute atomic E-state index is 0.452. The molecule has 0 aromatic carbocycles. The molecule has 0 aliphatic carbocycles. The van der Waals surface area contributed by atoms with Crippen LogP contribution in [0.2, 0.25) is 0 Å². The van der Waals surface area contributed by atoms with Crippen LogP contribution in [0.25, 0.3) is 10.6 Å². The quantitative estimate of drug-likeness (QED) is 0.889. The van der Waals surface area contributed by atoms with Crippen LogP contribution in [0.5, 0.6) is 0 Å². The van der Waals surface area contributed by atoms with Crippen molar-refractivity contribution in [3.8, 4) is 10.6 Å². The normalized spacial score (nSPS) is 12.6. The molecule has 2 aromatic rings. The lowest BCUT2D eigenvalue weighted by molar-refractivity contribution is -0.138. The van der Waals surface area contributed by atoms with Crippen molar-refractivity contribution in [2.45, 2.75) is 12.8 Å². The van der Waals surface area contributed by atoms with E-state index < -0.39 is 11.9 Å². The second-order valence-corrected chi connectivity index (χ2v) is 4.72. The maximum Gasteiger partial charge on any atom is 0.311 e. The highest BCUT2D eigenvalue weighted by Crippen LogP contribution is 2.31. The van der Waals surface area contributed by atoms with Gasteiger partial charge in [0.25, 0.3) is 0 Å². The molecular weight excluding hydrogens is 224 g/mol. The maximum atomic E-state index is 10.9. The summed E-state index contributed by atoms with van der Waals surface area (Å²) in [6, 6.07) is 5.73. The van der Waals surface area contributed by atoms with Crippen molar-refractivity contribution in [1.29, 1.82) is 0 Å². The molecule has 0 spiro atoms. The average molecular weight is 236 g/mol. The molecule has 0 bridgehead atoms. The summed E-state index contributed by atoms with van der Waals surface area (Å²) < 4.78 is 1.78. The van der Waals surface area contributed by atoms with Crippen LogP contribution >= 0.6 is 11.3 Å². The predicted octanol–water partition coefficient (Wildman–Crippen LogP) is 2.34. The molecule has 84 valence electrons. The Bertz CT molecular complexity index is 516. The molecule has 0 saturated heterocycles. The second kappa shape index (κ2) is 4.09. The maximum absolute atomic E-state index is 10.9. The van der Waals surface area contributed by atoms with Crippen LogP contribution in [-0.4, -0.2) is 20.9 Å². The first-order valence-electron chi connectivity index (χ1n) is 4.90. The largest absolute Gasteiger partial charge is 0.481 e. The molecule has 1 unspecified atom stereocenters. The molecule has 2 rings (SSSR count). The van der Waals surface area contributed by atoms with E-state index in [0.29, 0.717) is 0 Å². The van der Waals surface area contributed by atoms with Gasteiger partial charge in [0, 0.05) is 18.1 Å². The SMILES string of the molecule is CC(C(=O)O)c1ccc(-c2ccnn2C)s1. The summed E-state index contributed by atoms with van der Waals surface area (Å²) in [4.78, 5) is 12.8. The topological polar surface area (TPSA) is 55.1 Å². The lowest BCUT2D eigenvalue weighted by Crippen LogP contribution is -2.05. The molecule has 0 aliphatic heterocycles. The summed E-state index contributed by atoms with van der Waals surface area (Å²) in [5.74, 6) is -1.25. The number of rotatable bonds is 3. The Kier molecular flexibility index (Phi) is 2.78. The molecule has 16 heavy (non-hydrogen) atoms. The smallest absolute Gasteiger partial charge is 0.311 e. The van der Waals surface area contributed by atoms with E-state index in [2.05, 4.69) is 5.10 Å². The van der Waals surface area contributed by atoms with Crippen LogP contribution in [0.4, 0.5) is 0 Å². The third-order valence-electron chi connectivity index (χ3n) is 2.50. The Morgan fingerprint density at radius 2 is 2.25 bits per heavy atom. The van der Waals surface area contributed by atoms with Gasteiger partial charge in [-0.3, -0.25) is 9.48 Å². The molecule has 5 heteroatoms. The number of carboxylic acid groups (broad SMARTS) is 1. The van der Waals surface area contributed by atoms with Crippen molar-refractivity contribution >= 4 is 17.3 Å². The molecular formula is C11H12N2O2S. The minimum atomic E-state index is -0.793. The number of hydrogen-bond acceptors (Lipinski definition) is 3. The van der Waals surface area contributed by atoms with Gasteiger partial charge in [-0.25, -0.2) is 0 Å². The fourth-order valence-electron chi connectivity index (χ4n) is 1.46. The summed E-state index contributed by atoms with van der Waals surface area (Å²) in [6.45, 7) is 1.70. The van der Waals surface area contributed by atoms with Gasteiger partial charge in [-0.05, 0) is 25.1 Å². The summed E-state index contributed by atoms with van der Waals surface area (Å²) in [6.07, 6.45) is 1.73. The van der Waals surface area contributed by atoms with Gasteiger partial charge in [0.2, 0.25) is 0 Å². The van der Waals surface area contributed by atoms with Crippen LogP contribution < -0.4 is 0 Å². The van der Waals surface area contributed by atoms with Gasteiger partial charge in [0.15, 0.2) is 0 Å². The second-order valence-electron chi connectivity index (χ2n) is 3.60. The highest BCUT2D eigenvalue weighted by atomic mass is 32.1. The van der Waals surface area contributed by atoms with Gasteiger partial charge in [0.05, 0.1) is 16.5 Å². The van der Waals surface area contributed by atoms with E-state index >= 15 is 0 Å². The van der Waals surface area contributed by atoms with E-state index in [4.69, 9.17) is 5.11 Å². The number of aliphatic carboxylic acids is 1. The first-order chi connectivity index (χ1) is 7.59. The zero-order chi connectivity index (χ0) is 11.7. The van der Waals surface area contributed by atoms with Crippen molar-refractivity contribution in [3.63, 3.8) is 0 Å². The number of carbonyl (C=O) groups is 1. The number of thiophene rings is 1. The molecule has 0 aliphatic rings. The standard InChI is InChI=1S/C11H12N2O2S/c1-7(11(14)15)9-3-4-10(16-9)8-5-6-12-13(8)2/h3-7H,1-2H3,(H,14,15). The van der Waals surface area contributed by atoms with Crippen LogP contribution in [0.1, 0.15) is 17.7 Å². The number of hydrogen-bond donors (Lipinski definition) is 1. The van der Waals surface area contributed by atoms with Gasteiger partial charge in [0.1, 0.15) is 0 Å². The highest BCUT2D eigenvalue weighted by Gasteiger charge is 2.16. The summed E-state index contributed by atoms with van der Waals surface area (Å²) >= 11 is 1.50. The monoisotopic (exact) mass is 236 g/mol.